The van der Waals surface area contributed by atoms with Gasteiger partial charge in [-0.25, -0.2) is 8.42 Å². The molecule has 0 aromatic heterocycles. The lowest BCUT2D eigenvalue weighted by atomic mass is 10.1. The molecule has 0 saturated carbocycles. The molecule has 1 aromatic rings. The molecule has 0 radical (unpaired) electrons. The number of carbonyl (C=O) groups excluding carboxylic acids is 1. The summed E-state index contributed by atoms with van der Waals surface area (Å²) in [6.07, 6.45) is 3.81. The summed E-state index contributed by atoms with van der Waals surface area (Å²) in [5.74, 6) is 0.142. The lowest BCUT2D eigenvalue weighted by Gasteiger charge is -2.34. The van der Waals surface area contributed by atoms with Crippen LogP contribution in [0.2, 0.25) is 0 Å². The van der Waals surface area contributed by atoms with Gasteiger partial charge in [-0.3, -0.25) is 4.79 Å². The third-order valence-corrected chi connectivity index (χ3v) is 7.28. The fourth-order valence-corrected chi connectivity index (χ4v) is 5.44. The number of carbonyl (C=O) groups is 1. The Labute approximate surface area is 173 Å². The lowest BCUT2D eigenvalue weighted by Crippen LogP contribution is -2.52. The smallest absolute Gasteiger partial charge is 0.254 e. The van der Waals surface area contributed by atoms with E-state index in [0.29, 0.717) is 25.2 Å². The van der Waals surface area contributed by atoms with Gasteiger partial charge >= 0.3 is 0 Å². The second kappa shape index (κ2) is 9.91. The van der Waals surface area contributed by atoms with Crippen LogP contribution in [0.25, 0.3) is 0 Å². The fraction of sp³-hybridized carbons (Fsp3) is 0.632. The monoisotopic (exact) mass is 431 g/mol. The molecule has 0 unspecified atom stereocenters. The van der Waals surface area contributed by atoms with Gasteiger partial charge in [0.25, 0.3) is 5.91 Å². The van der Waals surface area contributed by atoms with Crippen LogP contribution in [0.5, 0.6) is 5.75 Å². The van der Waals surface area contributed by atoms with Crippen molar-refractivity contribution in [1.29, 1.82) is 0 Å². The van der Waals surface area contributed by atoms with E-state index in [4.69, 9.17) is 4.74 Å². The highest BCUT2D eigenvalue weighted by molar-refractivity contribution is 7.89. The summed E-state index contributed by atoms with van der Waals surface area (Å²) < 4.78 is 33.3. The van der Waals surface area contributed by atoms with Crippen molar-refractivity contribution in [2.75, 3.05) is 39.8 Å². The molecule has 2 aliphatic rings. The SMILES string of the molecule is COc1ccc(C(=O)N2CCNC[C@H]2C)cc1S(=O)(=O)N1CCCCCC1.Cl. The summed E-state index contributed by atoms with van der Waals surface area (Å²) in [6.45, 7) is 5.10. The molecular weight excluding hydrogens is 402 g/mol. The minimum absolute atomic E-state index is 0. The van der Waals surface area contributed by atoms with E-state index >= 15 is 0 Å². The maximum atomic E-state index is 13.2. The summed E-state index contributed by atoms with van der Waals surface area (Å²) in [7, 11) is -2.25. The van der Waals surface area contributed by atoms with E-state index in [-0.39, 0.29) is 35.0 Å². The van der Waals surface area contributed by atoms with Crippen molar-refractivity contribution in [2.24, 2.45) is 0 Å². The predicted molar refractivity (Wildman–Crippen MR) is 111 cm³/mol. The number of ether oxygens (including phenoxy) is 1. The van der Waals surface area contributed by atoms with E-state index in [2.05, 4.69) is 5.32 Å². The van der Waals surface area contributed by atoms with Gasteiger partial charge in [0.05, 0.1) is 7.11 Å². The fourth-order valence-electron chi connectivity index (χ4n) is 3.74. The summed E-state index contributed by atoms with van der Waals surface area (Å²) in [6, 6.07) is 4.79. The Morgan fingerprint density at radius 2 is 1.82 bits per heavy atom. The quantitative estimate of drug-likeness (QED) is 0.789. The average Bonchev–Trinajstić information content (AvgIpc) is 2.97. The third kappa shape index (κ3) is 4.79. The van der Waals surface area contributed by atoms with Gasteiger partial charge in [0.2, 0.25) is 10.0 Å². The summed E-state index contributed by atoms with van der Waals surface area (Å²) in [5.41, 5.74) is 0.387. The minimum Gasteiger partial charge on any atom is -0.495 e. The zero-order valence-corrected chi connectivity index (χ0v) is 18.2. The normalized spacial score (nSPS) is 21.5. The Morgan fingerprint density at radius 3 is 2.43 bits per heavy atom. The van der Waals surface area contributed by atoms with Crippen LogP contribution in [0.4, 0.5) is 0 Å². The first kappa shape index (κ1) is 22.9. The highest BCUT2D eigenvalue weighted by Gasteiger charge is 2.31. The molecule has 7 nitrogen and oxygen atoms in total. The van der Waals surface area contributed by atoms with Crippen LogP contribution in [-0.4, -0.2) is 69.4 Å². The van der Waals surface area contributed by atoms with Crippen molar-refractivity contribution in [3.05, 3.63) is 23.8 Å². The molecule has 28 heavy (non-hydrogen) atoms. The molecule has 1 atom stereocenters. The van der Waals surface area contributed by atoms with Gasteiger partial charge in [0, 0.05) is 44.3 Å². The Kier molecular flexibility index (Phi) is 8.12. The largest absolute Gasteiger partial charge is 0.495 e. The lowest BCUT2D eigenvalue weighted by molar-refractivity contribution is 0.0655. The molecule has 2 saturated heterocycles. The number of piperazine rings is 1. The second-order valence-electron chi connectivity index (χ2n) is 7.24. The average molecular weight is 432 g/mol. The number of rotatable bonds is 4. The van der Waals surface area contributed by atoms with Gasteiger partial charge in [0.1, 0.15) is 10.6 Å². The number of benzene rings is 1. The van der Waals surface area contributed by atoms with Crippen LogP contribution in [0, 0.1) is 0 Å². The molecule has 158 valence electrons. The molecule has 0 spiro atoms. The molecule has 1 aromatic carbocycles. The topological polar surface area (TPSA) is 79.0 Å². The summed E-state index contributed by atoms with van der Waals surface area (Å²) in [5, 5.41) is 3.26. The number of hydrogen-bond donors (Lipinski definition) is 1. The Bertz CT molecular complexity index is 779. The molecule has 2 fully saturated rings. The minimum atomic E-state index is -3.70. The van der Waals surface area contributed by atoms with Gasteiger partial charge in [0.15, 0.2) is 0 Å². The van der Waals surface area contributed by atoms with E-state index in [1.54, 1.807) is 17.0 Å². The van der Waals surface area contributed by atoms with Crippen molar-refractivity contribution in [1.82, 2.24) is 14.5 Å². The van der Waals surface area contributed by atoms with Gasteiger partial charge in [-0.2, -0.15) is 4.31 Å². The molecule has 2 aliphatic heterocycles. The van der Waals surface area contributed by atoms with Gasteiger partial charge in [-0.15, -0.1) is 12.4 Å². The van der Waals surface area contributed by atoms with Crippen molar-refractivity contribution in [3.8, 4) is 5.75 Å². The van der Waals surface area contributed by atoms with E-state index in [1.165, 1.54) is 17.5 Å². The number of hydrogen-bond acceptors (Lipinski definition) is 5. The predicted octanol–water partition coefficient (Wildman–Crippen LogP) is 2.12. The van der Waals surface area contributed by atoms with E-state index in [1.807, 2.05) is 6.92 Å². The van der Waals surface area contributed by atoms with Gasteiger partial charge in [-0.05, 0) is 38.0 Å². The second-order valence-corrected chi connectivity index (χ2v) is 9.14. The van der Waals surface area contributed by atoms with E-state index in [9.17, 15) is 13.2 Å². The zero-order valence-electron chi connectivity index (χ0n) is 16.5. The number of halogens is 1. The summed E-state index contributed by atoms with van der Waals surface area (Å²) >= 11 is 0. The van der Waals surface area contributed by atoms with Crippen molar-refractivity contribution >= 4 is 28.3 Å². The van der Waals surface area contributed by atoms with Gasteiger partial charge < -0.3 is 15.0 Å². The molecule has 1 amide bonds. The van der Waals surface area contributed by atoms with Crippen molar-refractivity contribution in [2.45, 2.75) is 43.5 Å². The number of amides is 1. The first-order valence-electron chi connectivity index (χ1n) is 9.65. The van der Waals surface area contributed by atoms with Crippen LogP contribution in [-0.2, 0) is 10.0 Å². The summed E-state index contributed by atoms with van der Waals surface area (Å²) in [4.78, 5) is 14.8. The Hall–Kier alpha value is -1.35. The highest BCUT2D eigenvalue weighted by Crippen LogP contribution is 2.30. The first-order chi connectivity index (χ1) is 12.9. The van der Waals surface area contributed by atoms with Crippen LogP contribution in [0.1, 0.15) is 43.0 Å². The van der Waals surface area contributed by atoms with Crippen LogP contribution >= 0.6 is 12.4 Å². The van der Waals surface area contributed by atoms with Crippen molar-refractivity contribution < 1.29 is 17.9 Å². The molecule has 0 aliphatic carbocycles. The number of nitrogens with zero attached hydrogens (tertiary/aromatic N) is 2. The zero-order chi connectivity index (χ0) is 19.4. The Morgan fingerprint density at radius 1 is 1.14 bits per heavy atom. The number of methoxy groups -OCH3 is 1. The molecule has 2 heterocycles. The van der Waals surface area contributed by atoms with Crippen LogP contribution < -0.4 is 10.1 Å². The molecule has 1 N–H and O–H groups in total. The van der Waals surface area contributed by atoms with E-state index in [0.717, 1.165) is 38.8 Å². The first-order valence-corrected chi connectivity index (χ1v) is 11.1. The third-order valence-electron chi connectivity index (χ3n) is 5.36. The van der Waals surface area contributed by atoms with Gasteiger partial charge in [-0.1, -0.05) is 12.8 Å². The standard InChI is InChI=1S/C19H29N3O4S.ClH/c1-15-14-20-9-12-22(15)19(23)16-7-8-17(26-2)18(13-16)27(24,25)21-10-5-3-4-6-11-21;/h7-8,13,15,20H,3-6,9-12,14H2,1-2H3;1H/t15-;/m1./s1. The highest BCUT2D eigenvalue weighted by atomic mass is 35.5. The maximum Gasteiger partial charge on any atom is 0.254 e. The van der Waals surface area contributed by atoms with Crippen LogP contribution in [0.15, 0.2) is 23.1 Å². The number of nitrogens with one attached hydrogen (secondary N) is 1. The Balaban J connectivity index is 0.00000280. The van der Waals surface area contributed by atoms with Crippen LogP contribution in [0.3, 0.4) is 0 Å². The molecule has 9 heteroatoms. The maximum absolute atomic E-state index is 13.2. The molecular formula is C19H30ClN3O4S. The molecule has 0 bridgehead atoms. The molecule has 3 rings (SSSR count). The van der Waals surface area contributed by atoms with E-state index < -0.39 is 10.0 Å². The van der Waals surface area contributed by atoms with Crippen molar-refractivity contribution in [3.63, 3.8) is 0 Å². The number of sulfonamides is 1.